The van der Waals surface area contributed by atoms with Crippen LogP contribution in [0.4, 0.5) is 5.69 Å². The van der Waals surface area contributed by atoms with E-state index < -0.39 is 0 Å². The maximum absolute atomic E-state index is 12.0. The van der Waals surface area contributed by atoms with Crippen molar-refractivity contribution in [2.45, 2.75) is 13.3 Å². The van der Waals surface area contributed by atoms with Gasteiger partial charge in [-0.1, -0.05) is 25.1 Å². The molecule has 1 aromatic heterocycles. The predicted octanol–water partition coefficient (Wildman–Crippen LogP) is 1.32. The van der Waals surface area contributed by atoms with Gasteiger partial charge in [0.2, 0.25) is 0 Å². The molecule has 2 aromatic rings. The zero-order valence-corrected chi connectivity index (χ0v) is 9.47. The summed E-state index contributed by atoms with van der Waals surface area (Å²) in [5, 5.41) is 0. The second kappa shape index (κ2) is 3.89. The lowest BCUT2D eigenvalue weighted by atomic mass is 10.3. The molecule has 1 aromatic carbocycles. The Kier molecular flexibility index (Phi) is 2.56. The third-order valence-electron chi connectivity index (χ3n) is 2.76. The van der Waals surface area contributed by atoms with Gasteiger partial charge in [0.25, 0.3) is 5.56 Å². The maximum atomic E-state index is 12.0. The molecule has 0 bridgehead atoms. The van der Waals surface area contributed by atoms with Crippen LogP contribution in [0.15, 0.2) is 35.1 Å². The summed E-state index contributed by atoms with van der Waals surface area (Å²) in [4.78, 5) is 12.0. The average Bonchev–Trinajstić information content (AvgIpc) is 2.51. The van der Waals surface area contributed by atoms with Crippen LogP contribution in [0.25, 0.3) is 5.69 Å². The first kappa shape index (κ1) is 10.5. The predicted molar refractivity (Wildman–Crippen MR) is 64.8 cm³/mol. The summed E-state index contributed by atoms with van der Waals surface area (Å²) in [6.45, 7) is 1.99. The van der Waals surface area contributed by atoms with Crippen molar-refractivity contribution in [3.05, 3.63) is 46.4 Å². The molecule has 0 aliphatic carbocycles. The van der Waals surface area contributed by atoms with Gasteiger partial charge in [-0.2, -0.15) is 0 Å². The summed E-state index contributed by atoms with van der Waals surface area (Å²) >= 11 is 0. The number of nitrogen functional groups attached to an aromatic ring is 1. The Morgan fingerprint density at radius 3 is 2.38 bits per heavy atom. The first-order valence-electron chi connectivity index (χ1n) is 5.28. The smallest absolute Gasteiger partial charge is 0.294 e. The zero-order chi connectivity index (χ0) is 11.7. The minimum absolute atomic E-state index is 0.148. The molecular formula is C12H15N3O. The third-order valence-corrected chi connectivity index (χ3v) is 2.76. The van der Waals surface area contributed by atoms with E-state index in [0.717, 1.165) is 17.8 Å². The summed E-state index contributed by atoms with van der Waals surface area (Å²) in [5.41, 5.74) is 7.70. The fraction of sp³-hybridized carbons (Fsp3) is 0.250. The molecule has 0 aliphatic rings. The first-order chi connectivity index (χ1) is 7.66. The number of para-hydroxylation sites is 1. The SMILES string of the molecule is CCc1c(N)c(=O)n(-c2ccccc2)n1C. The second-order valence-corrected chi connectivity index (χ2v) is 3.69. The van der Waals surface area contributed by atoms with Crippen molar-refractivity contribution in [3.63, 3.8) is 0 Å². The lowest BCUT2D eigenvalue weighted by molar-refractivity contribution is 0.618. The Balaban J connectivity index is 2.72. The molecule has 0 radical (unpaired) electrons. The van der Waals surface area contributed by atoms with E-state index in [-0.39, 0.29) is 5.56 Å². The number of aromatic nitrogens is 2. The van der Waals surface area contributed by atoms with Crippen LogP contribution in [0.2, 0.25) is 0 Å². The fourth-order valence-corrected chi connectivity index (χ4v) is 1.95. The molecule has 0 unspecified atom stereocenters. The highest BCUT2D eigenvalue weighted by molar-refractivity contribution is 5.45. The van der Waals surface area contributed by atoms with Crippen LogP contribution < -0.4 is 11.3 Å². The molecule has 0 fully saturated rings. The van der Waals surface area contributed by atoms with E-state index in [1.54, 1.807) is 4.68 Å². The third kappa shape index (κ3) is 1.43. The van der Waals surface area contributed by atoms with E-state index in [9.17, 15) is 4.79 Å². The summed E-state index contributed by atoms with van der Waals surface area (Å²) in [5.74, 6) is 0. The number of anilines is 1. The van der Waals surface area contributed by atoms with Gasteiger partial charge in [0.15, 0.2) is 0 Å². The van der Waals surface area contributed by atoms with Gasteiger partial charge in [0.1, 0.15) is 5.69 Å². The zero-order valence-electron chi connectivity index (χ0n) is 9.47. The molecule has 1 heterocycles. The molecule has 0 saturated heterocycles. The van der Waals surface area contributed by atoms with Gasteiger partial charge in [-0.15, -0.1) is 0 Å². The molecule has 84 valence electrons. The largest absolute Gasteiger partial charge is 0.393 e. The summed E-state index contributed by atoms with van der Waals surface area (Å²) in [6.07, 6.45) is 0.747. The Bertz CT molecular complexity index is 552. The molecule has 2 N–H and O–H groups in total. The molecule has 0 amide bonds. The number of nitrogens with two attached hydrogens (primary N) is 1. The molecule has 16 heavy (non-hydrogen) atoms. The number of benzene rings is 1. The van der Waals surface area contributed by atoms with E-state index >= 15 is 0 Å². The topological polar surface area (TPSA) is 53.0 Å². The molecule has 4 heteroatoms. The summed E-state index contributed by atoms with van der Waals surface area (Å²) in [7, 11) is 1.85. The van der Waals surface area contributed by atoms with Crippen molar-refractivity contribution in [2.24, 2.45) is 7.05 Å². The molecule has 0 aliphatic heterocycles. The molecule has 2 rings (SSSR count). The van der Waals surface area contributed by atoms with E-state index in [1.165, 1.54) is 0 Å². The van der Waals surface area contributed by atoms with E-state index in [2.05, 4.69) is 0 Å². The number of nitrogens with zero attached hydrogens (tertiary/aromatic N) is 2. The number of hydrogen-bond acceptors (Lipinski definition) is 2. The van der Waals surface area contributed by atoms with Gasteiger partial charge in [0, 0.05) is 7.05 Å². The highest BCUT2D eigenvalue weighted by Crippen LogP contribution is 2.12. The molecule has 0 spiro atoms. The van der Waals surface area contributed by atoms with Crippen molar-refractivity contribution in [2.75, 3.05) is 5.73 Å². The lowest BCUT2D eigenvalue weighted by Crippen LogP contribution is -2.20. The fourth-order valence-electron chi connectivity index (χ4n) is 1.95. The van der Waals surface area contributed by atoms with Crippen LogP contribution >= 0.6 is 0 Å². The Hall–Kier alpha value is -1.97. The van der Waals surface area contributed by atoms with Gasteiger partial charge < -0.3 is 5.73 Å². The van der Waals surface area contributed by atoms with Crippen LogP contribution in [0, 0.1) is 0 Å². The van der Waals surface area contributed by atoms with Crippen LogP contribution in [0.3, 0.4) is 0 Å². The monoisotopic (exact) mass is 217 g/mol. The summed E-state index contributed by atoms with van der Waals surface area (Å²) in [6, 6.07) is 9.50. The Morgan fingerprint density at radius 2 is 1.88 bits per heavy atom. The van der Waals surface area contributed by atoms with E-state index in [4.69, 9.17) is 5.73 Å². The van der Waals surface area contributed by atoms with Gasteiger partial charge in [-0.3, -0.25) is 9.48 Å². The highest BCUT2D eigenvalue weighted by atomic mass is 16.1. The minimum atomic E-state index is -0.148. The van der Waals surface area contributed by atoms with Gasteiger partial charge in [-0.05, 0) is 18.6 Å². The van der Waals surface area contributed by atoms with E-state index in [0.29, 0.717) is 5.69 Å². The Morgan fingerprint density at radius 1 is 1.25 bits per heavy atom. The van der Waals surface area contributed by atoms with Crippen LogP contribution in [0.5, 0.6) is 0 Å². The van der Waals surface area contributed by atoms with Crippen molar-refractivity contribution in [1.29, 1.82) is 0 Å². The number of hydrogen-bond donors (Lipinski definition) is 1. The van der Waals surface area contributed by atoms with Crippen molar-refractivity contribution >= 4 is 5.69 Å². The van der Waals surface area contributed by atoms with Gasteiger partial charge in [-0.25, -0.2) is 4.68 Å². The first-order valence-corrected chi connectivity index (χ1v) is 5.28. The molecule has 0 atom stereocenters. The summed E-state index contributed by atoms with van der Waals surface area (Å²) < 4.78 is 3.40. The maximum Gasteiger partial charge on any atom is 0.294 e. The Labute approximate surface area is 93.9 Å². The average molecular weight is 217 g/mol. The standard InChI is InChI=1S/C12H15N3O/c1-3-10-11(13)12(16)15(14(10)2)9-7-5-4-6-8-9/h4-8H,3,13H2,1-2H3. The normalized spacial score (nSPS) is 10.6. The van der Waals surface area contributed by atoms with Gasteiger partial charge in [0.05, 0.1) is 11.4 Å². The number of rotatable bonds is 2. The van der Waals surface area contributed by atoms with Gasteiger partial charge >= 0.3 is 0 Å². The quantitative estimate of drug-likeness (QED) is 0.824. The van der Waals surface area contributed by atoms with Crippen molar-refractivity contribution in [3.8, 4) is 5.69 Å². The lowest BCUT2D eigenvalue weighted by Gasteiger charge is -2.08. The highest BCUT2D eigenvalue weighted by Gasteiger charge is 2.14. The van der Waals surface area contributed by atoms with E-state index in [1.807, 2.05) is 49.0 Å². The minimum Gasteiger partial charge on any atom is -0.393 e. The second-order valence-electron chi connectivity index (χ2n) is 3.69. The van der Waals surface area contributed by atoms with Crippen LogP contribution in [-0.4, -0.2) is 9.36 Å². The molecule has 0 saturated carbocycles. The molecule has 4 nitrogen and oxygen atoms in total. The molecular weight excluding hydrogens is 202 g/mol. The van der Waals surface area contributed by atoms with Crippen molar-refractivity contribution in [1.82, 2.24) is 9.36 Å². The van der Waals surface area contributed by atoms with Crippen LogP contribution in [0.1, 0.15) is 12.6 Å². The van der Waals surface area contributed by atoms with Crippen molar-refractivity contribution < 1.29 is 0 Å². The van der Waals surface area contributed by atoms with Crippen LogP contribution in [-0.2, 0) is 13.5 Å².